The van der Waals surface area contributed by atoms with Crippen LogP contribution in [0.25, 0.3) is 11.0 Å². The second kappa shape index (κ2) is 5.75. The zero-order valence-electron chi connectivity index (χ0n) is 13.2. The molecule has 0 N–H and O–H groups in total. The average molecular weight is 324 g/mol. The van der Waals surface area contributed by atoms with E-state index in [9.17, 15) is 9.18 Å². The molecule has 0 spiro atoms. The second-order valence-corrected chi connectivity index (χ2v) is 6.33. The number of carbonyl (C=O) groups excluding carboxylic acids is 1. The zero-order chi connectivity index (χ0) is 16.7. The number of halogens is 1. The van der Waals surface area contributed by atoms with Gasteiger partial charge in [-0.15, -0.1) is 0 Å². The maximum Gasteiger partial charge on any atom is 0.282 e. The Labute approximate surface area is 139 Å². The maximum absolute atomic E-state index is 12.9. The molecule has 1 amide bonds. The molecule has 1 aliphatic carbocycles. The molecule has 4 rings (SSSR count). The molecule has 1 aliphatic heterocycles. The van der Waals surface area contributed by atoms with Gasteiger partial charge in [-0.25, -0.2) is 14.1 Å². The molecule has 2 fully saturated rings. The number of amides is 1. The molecule has 0 bridgehead atoms. The van der Waals surface area contributed by atoms with Gasteiger partial charge in [-0.3, -0.25) is 4.79 Å². The molecular formula is C18H17FN4O. The van der Waals surface area contributed by atoms with Gasteiger partial charge in [-0.05, 0) is 30.9 Å². The highest BCUT2D eigenvalue weighted by Gasteiger charge is 2.35. The summed E-state index contributed by atoms with van der Waals surface area (Å²) in [6.45, 7) is 3.87. The van der Waals surface area contributed by atoms with Gasteiger partial charge in [-0.2, -0.15) is 5.10 Å². The lowest BCUT2D eigenvalue weighted by Gasteiger charge is -2.38. The second-order valence-electron chi connectivity index (χ2n) is 6.33. The lowest BCUT2D eigenvalue weighted by molar-refractivity contribution is -0.134. The van der Waals surface area contributed by atoms with Gasteiger partial charge in [0.15, 0.2) is 11.5 Å². The third kappa shape index (κ3) is 2.46. The van der Waals surface area contributed by atoms with Crippen molar-refractivity contribution in [2.45, 2.75) is 25.3 Å². The van der Waals surface area contributed by atoms with Crippen molar-refractivity contribution >= 4 is 16.9 Å². The molecule has 1 saturated heterocycles. The monoisotopic (exact) mass is 324 g/mol. The summed E-state index contributed by atoms with van der Waals surface area (Å²) >= 11 is 0. The van der Waals surface area contributed by atoms with Gasteiger partial charge in [0.05, 0.1) is 11.4 Å². The van der Waals surface area contributed by atoms with Crippen molar-refractivity contribution in [2.24, 2.45) is 5.92 Å². The van der Waals surface area contributed by atoms with E-state index in [1.165, 1.54) is 11.3 Å². The number of rotatable bonds is 2. The molecule has 0 radical (unpaired) electrons. The number of likely N-dealkylation sites (tertiary alicyclic amines) is 1. The highest BCUT2D eigenvalue weighted by molar-refractivity contribution is 5.91. The number of fused-ring (bicyclic) bond motifs is 1. The maximum atomic E-state index is 12.9. The molecule has 122 valence electrons. The first-order valence-corrected chi connectivity index (χ1v) is 8.12. The van der Waals surface area contributed by atoms with E-state index in [-0.39, 0.29) is 6.04 Å². The molecule has 2 aromatic rings. The molecule has 2 aliphatic rings. The third-order valence-electron chi connectivity index (χ3n) is 4.69. The van der Waals surface area contributed by atoms with Crippen LogP contribution in [-0.4, -0.2) is 38.7 Å². The van der Waals surface area contributed by atoms with Crippen LogP contribution in [0.2, 0.25) is 0 Å². The fourth-order valence-corrected chi connectivity index (χ4v) is 2.99. The smallest absolute Gasteiger partial charge is 0.282 e. The minimum Gasteiger partial charge on any atom is -0.332 e. The Hall–Kier alpha value is -2.68. The fourth-order valence-electron chi connectivity index (χ4n) is 2.99. The molecule has 0 aromatic carbocycles. The predicted octanol–water partition coefficient (Wildman–Crippen LogP) is 2.45. The number of pyridine rings is 1. The summed E-state index contributed by atoms with van der Waals surface area (Å²) in [6.07, 6.45) is 5.30. The van der Waals surface area contributed by atoms with Gasteiger partial charge in [0.25, 0.3) is 5.91 Å². The van der Waals surface area contributed by atoms with Gasteiger partial charge in [0.1, 0.15) is 5.69 Å². The standard InChI is InChI=1S/C18H17FN4O/c1-12(19)18(24)22-10-14(11-22)23-17-15(6-3-9-20-17)16(21-23)8-7-13-4-2-5-13/h3,6,9,13-14H,1-2,4-5,10-11H2. The van der Waals surface area contributed by atoms with Crippen LogP contribution in [0, 0.1) is 17.8 Å². The average Bonchev–Trinajstić information content (AvgIpc) is 2.83. The Morgan fingerprint density at radius 3 is 2.83 bits per heavy atom. The van der Waals surface area contributed by atoms with E-state index in [0.717, 1.165) is 29.6 Å². The van der Waals surface area contributed by atoms with Crippen LogP contribution in [0.4, 0.5) is 4.39 Å². The molecule has 1 saturated carbocycles. The van der Waals surface area contributed by atoms with Crippen LogP contribution >= 0.6 is 0 Å². The van der Waals surface area contributed by atoms with Crippen LogP contribution in [0.5, 0.6) is 0 Å². The Bertz CT molecular complexity index is 881. The first kappa shape index (κ1) is 14.9. The van der Waals surface area contributed by atoms with E-state index >= 15 is 0 Å². The summed E-state index contributed by atoms with van der Waals surface area (Å²) < 4.78 is 14.7. The van der Waals surface area contributed by atoms with Crippen molar-refractivity contribution < 1.29 is 9.18 Å². The predicted molar refractivity (Wildman–Crippen MR) is 87.6 cm³/mol. The molecular weight excluding hydrogens is 307 g/mol. The molecule has 6 heteroatoms. The Balaban J connectivity index is 1.61. The largest absolute Gasteiger partial charge is 0.332 e. The summed E-state index contributed by atoms with van der Waals surface area (Å²) in [5.74, 6) is 5.37. The van der Waals surface area contributed by atoms with Crippen LogP contribution in [-0.2, 0) is 4.79 Å². The number of carbonyl (C=O) groups is 1. The number of nitrogens with zero attached hydrogens (tertiary/aromatic N) is 4. The summed E-state index contributed by atoms with van der Waals surface area (Å²) in [5.41, 5.74) is 1.48. The van der Waals surface area contributed by atoms with E-state index in [0.29, 0.717) is 19.0 Å². The van der Waals surface area contributed by atoms with Gasteiger partial charge < -0.3 is 4.90 Å². The summed E-state index contributed by atoms with van der Waals surface area (Å²) in [7, 11) is 0. The number of hydrogen-bond acceptors (Lipinski definition) is 3. The fraction of sp³-hybridized carbons (Fsp3) is 0.389. The van der Waals surface area contributed by atoms with E-state index in [1.54, 1.807) is 6.20 Å². The van der Waals surface area contributed by atoms with Crippen molar-refractivity contribution in [3.63, 3.8) is 0 Å². The van der Waals surface area contributed by atoms with E-state index in [2.05, 4.69) is 28.5 Å². The van der Waals surface area contributed by atoms with Gasteiger partial charge in [-0.1, -0.05) is 18.9 Å². The highest BCUT2D eigenvalue weighted by Crippen LogP contribution is 2.28. The normalized spacial score (nSPS) is 17.8. The highest BCUT2D eigenvalue weighted by atomic mass is 19.1. The van der Waals surface area contributed by atoms with Gasteiger partial charge in [0, 0.05) is 25.2 Å². The Kier molecular flexibility index (Phi) is 3.57. The van der Waals surface area contributed by atoms with Crippen LogP contribution in [0.3, 0.4) is 0 Å². The number of aromatic nitrogens is 3. The topological polar surface area (TPSA) is 51.0 Å². The van der Waals surface area contributed by atoms with Crippen molar-refractivity contribution in [2.75, 3.05) is 13.1 Å². The molecule has 2 aromatic heterocycles. The van der Waals surface area contributed by atoms with Crippen molar-refractivity contribution in [3.8, 4) is 11.8 Å². The SMILES string of the molecule is C=C(F)C(=O)N1CC(n2nc(C#CC3CCC3)c3cccnc32)C1. The molecule has 0 unspecified atom stereocenters. The lowest BCUT2D eigenvalue weighted by atomic mass is 9.86. The quantitative estimate of drug-likeness (QED) is 0.630. The number of hydrogen-bond donors (Lipinski definition) is 0. The molecule has 5 nitrogen and oxygen atoms in total. The molecule has 3 heterocycles. The first-order chi connectivity index (χ1) is 11.6. The minimum atomic E-state index is -0.927. The third-order valence-corrected chi connectivity index (χ3v) is 4.69. The summed E-state index contributed by atoms with van der Waals surface area (Å²) in [6, 6.07) is 3.82. The van der Waals surface area contributed by atoms with E-state index in [4.69, 9.17) is 0 Å². The van der Waals surface area contributed by atoms with E-state index in [1.807, 2.05) is 16.8 Å². The summed E-state index contributed by atoms with van der Waals surface area (Å²) in [4.78, 5) is 17.4. The van der Waals surface area contributed by atoms with Crippen LogP contribution < -0.4 is 0 Å². The van der Waals surface area contributed by atoms with E-state index < -0.39 is 11.7 Å². The minimum absolute atomic E-state index is 0.00930. The van der Waals surface area contributed by atoms with Crippen molar-refractivity contribution in [3.05, 3.63) is 36.4 Å². The van der Waals surface area contributed by atoms with Crippen LogP contribution in [0.1, 0.15) is 31.0 Å². The molecule has 0 atom stereocenters. The zero-order valence-corrected chi connectivity index (χ0v) is 13.2. The Morgan fingerprint density at radius 2 is 2.17 bits per heavy atom. The molecule has 24 heavy (non-hydrogen) atoms. The summed E-state index contributed by atoms with van der Waals surface area (Å²) in [5, 5.41) is 5.53. The Morgan fingerprint density at radius 1 is 1.38 bits per heavy atom. The van der Waals surface area contributed by atoms with Gasteiger partial charge in [0.2, 0.25) is 0 Å². The first-order valence-electron chi connectivity index (χ1n) is 8.12. The van der Waals surface area contributed by atoms with Crippen molar-refractivity contribution in [1.82, 2.24) is 19.7 Å². The van der Waals surface area contributed by atoms with Crippen LogP contribution in [0.15, 0.2) is 30.7 Å². The van der Waals surface area contributed by atoms with Gasteiger partial charge >= 0.3 is 0 Å². The lowest BCUT2D eigenvalue weighted by Crippen LogP contribution is -2.51. The van der Waals surface area contributed by atoms with Crippen molar-refractivity contribution in [1.29, 1.82) is 0 Å².